The van der Waals surface area contributed by atoms with Crippen LogP contribution in [0.15, 0.2) is 115 Å². The molecule has 188 valence electrons. The van der Waals surface area contributed by atoms with E-state index >= 15 is 0 Å². The van der Waals surface area contributed by atoms with Crippen LogP contribution in [0.5, 0.6) is 0 Å². The molecule has 0 saturated carbocycles. The van der Waals surface area contributed by atoms with E-state index in [-0.39, 0.29) is 28.2 Å². The fraction of sp³-hybridized carbons (Fsp3) is 0.121. The van der Waals surface area contributed by atoms with Crippen molar-refractivity contribution >= 4 is 34.7 Å². The van der Waals surface area contributed by atoms with E-state index in [4.69, 9.17) is 6.42 Å². The number of fused-ring (bicyclic) bond motifs is 1. The van der Waals surface area contributed by atoms with Crippen molar-refractivity contribution in [3.8, 4) is 5.92 Å². The fourth-order valence-electron chi connectivity index (χ4n) is 4.16. The molecular weight excluding hydrogens is 657 g/mol. The second-order valence-corrected chi connectivity index (χ2v) is 11.0. The number of hydrogen-bond donors (Lipinski definition) is 0. The molecule has 0 amide bonds. The number of nitrogens with zero attached hydrogens (tertiary/aromatic N) is 1. The maximum Gasteiger partial charge on any atom is 1.00 e. The Kier molecular flexibility index (Phi) is 11.3. The van der Waals surface area contributed by atoms with Crippen LogP contribution in [0, 0.1) is 18.2 Å². The van der Waals surface area contributed by atoms with Crippen molar-refractivity contribution in [3.05, 3.63) is 139 Å². The molecule has 5 rings (SSSR count). The predicted molar refractivity (Wildman–Crippen MR) is 153 cm³/mol. The first kappa shape index (κ1) is 28.5. The van der Waals surface area contributed by atoms with Crippen LogP contribution in [0.25, 0.3) is 10.9 Å². The minimum atomic E-state index is -0.877. The van der Waals surface area contributed by atoms with Gasteiger partial charge in [-0.25, -0.2) is 4.39 Å². The molecule has 0 unspecified atom stereocenters. The average Bonchev–Trinajstić information content (AvgIpc) is 2.95. The minimum Gasteiger partial charge on any atom is -0.366 e. The Bertz CT molecular complexity index is 1340. The van der Waals surface area contributed by atoms with E-state index in [0.717, 1.165) is 24.8 Å². The zero-order valence-electron chi connectivity index (χ0n) is 20.7. The molecule has 0 saturated heterocycles. The molecule has 0 bridgehead atoms. The van der Waals surface area contributed by atoms with Gasteiger partial charge in [-0.2, -0.15) is 0 Å². The van der Waals surface area contributed by atoms with Gasteiger partial charge < -0.3 is 6.42 Å². The van der Waals surface area contributed by atoms with Crippen molar-refractivity contribution in [1.82, 2.24) is 4.98 Å². The van der Waals surface area contributed by atoms with Gasteiger partial charge in [0.25, 0.3) is 0 Å². The summed E-state index contributed by atoms with van der Waals surface area (Å²) in [5.41, 5.74) is 2.09. The molecule has 0 aliphatic heterocycles. The fourth-order valence-corrected chi connectivity index (χ4v) is 6.74. The van der Waals surface area contributed by atoms with Crippen LogP contribution < -0.4 is 15.9 Å². The zero-order chi connectivity index (χ0) is 25.2. The topological polar surface area (TPSA) is 12.9 Å². The number of hydrogen-bond acceptors (Lipinski definition) is 1. The van der Waals surface area contributed by atoms with Crippen LogP contribution in [-0.4, -0.2) is 4.98 Å². The molecule has 5 aromatic rings. The Hall–Kier alpha value is -3.05. The number of benzene rings is 4. The van der Waals surface area contributed by atoms with Gasteiger partial charge in [-0.15, -0.1) is 11.6 Å². The molecule has 0 radical (unpaired) electrons. The predicted octanol–water partition coefficient (Wildman–Crippen LogP) is 6.83. The van der Waals surface area contributed by atoms with E-state index in [0.29, 0.717) is 16.5 Å². The molecule has 37 heavy (non-hydrogen) atoms. The van der Waals surface area contributed by atoms with E-state index in [1.54, 1.807) is 6.20 Å². The third kappa shape index (κ3) is 7.48. The van der Waals surface area contributed by atoms with Gasteiger partial charge in [0, 0.05) is 17.1 Å². The van der Waals surface area contributed by atoms with Crippen LogP contribution in [0.4, 0.5) is 4.39 Å². The molecular formula is C33H29AuFNP+. The Labute approximate surface area is 236 Å². The number of aryl methyl sites for hydroxylation is 1. The second-order valence-electron chi connectivity index (χ2n) is 8.54. The summed E-state index contributed by atoms with van der Waals surface area (Å²) >= 11 is 0. The SMILES string of the molecule is [Au+].[C-]#Cc1ccc(F)c2cc(CCCC)cnc12.c1ccc([PH+](c2ccccc2)c2ccccc2)cc1. The van der Waals surface area contributed by atoms with Crippen molar-refractivity contribution in [2.75, 3.05) is 0 Å². The number of halogens is 1. The number of pyridine rings is 1. The van der Waals surface area contributed by atoms with Gasteiger partial charge >= 0.3 is 22.4 Å². The van der Waals surface area contributed by atoms with Gasteiger partial charge in [0.1, 0.15) is 21.7 Å². The summed E-state index contributed by atoms with van der Waals surface area (Å²) in [6.07, 6.45) is 12.0. The maximum atomic E-state index is 13.7. The Morgan fingerprint density at radius 1 is 0.784 bits per heavy atom. The third-order valence-corrected chi connectivity index (χ3v) is 8.73. The van der Waals surface area contributed by atoms with Gasteiger partial charge in [0.15, 0.2) is 0 Å². The molecule has 0 atom stereocenters. The first-order chi connectivity index (χ1) is 17.7. The maximum absolute atomic E-state index is 13.7. The van der Waals surface area contributed by atoms with Crippen LogP contribution in [0.3, 0.4) is 0 Å². The van der Waals surface area contributed by atoms with Gasteiger partial charge in [0.05, 0.1) is 7.92 Å². The molecule has 1 nitrogen and oxygen atoms in total. The number of rotatable bonds is 6. The van der Waals surface area contributed by atoms with Crippen LogP contribution in [0.2, 0.25) is 0 Å². The van der Waals surface area contributed by atoms with Crippen molar-refractivity contribution in [2.45, 2.75) is 26.2 Å². The quantitative estimate of drug-likeness (QED) is 0.0827. The molecule has 4 aromatic carbocycles. The van der Waals surface area contributed by atoms with Gasteiger partial charge in [-0.05, 0) is 66.9 Å². The van der Waals surface area contributed by atoms with Crippen molar-refractivity contribution < 1.29 is 26.8 Å². The average molecular weight is 687 g/mol. The first-order valence-corrected chi connectivity index (χ1v) is 13.7. The molecule has 0 aliphatic rings. The molecule has 4 heteroatoms. The van der Waals surface area contributed by atoms with E-state index < -0.39 is 7.92 Å². The van der Waals surface area contributed by atoms with E-state index in [2.05, 4.69) is 109 Å². The van der Waals surface area contributed by atoms with E-state index in [1.165, 1.54) is 28.0 Å². The molecule has 0 N–H and O–H groups in total. The molecule has 1 aromatic heterocycles. The van der Waals surface area contributed by atoms with Gasteiger partial charge in [-0.3, -0.25) is 10.9 Å². The van der Waals surface area contributed by atoms with Gasteiger partial charge in [0.2, 0.25) is 0 Å². The van der Waals surface area contributed by atoms with Crippen molar-refractivity contribution in [2.24, 2.45) is 0 Å². The Morgan fingerprint density at radius 2 is 1.30 bits per heavy atom. The number of unbranched alkanes of at least 4 members (excludes halogenated alkanes) is 1. The van der Waals surface area contributed by atoms with Crippen LogP contribution >= 0.6 is 7.92 Å². The van der Waals surface area contributed by atoms with E-state index in [9.17, 15) is 4.39 Å². The molecule has 0 fully saturated rings. The summed E-state index contributed by atoms with van der Waals surface area (Å²) in [7, 11) is -0.877. The number of aromatic nitrogens is 1. The largest absolute Gasteiger partial charge is 1.00 e. The summed E-state index contributed by atoms with van der Waals surface area (Å²) in [4.78, 5) is 4.24. The third-order valence-electron chi connectivity index (χ3n) is 5.99. The molecule has 0 aliphatic carbocycles. The summed E-state index contributed by atoms with van der Waals surface area (Å²) in [5.74, 6) is 1.99. The normalized spacial score (nSPS) is 10.2. The van der Waals surface area contributed by atoms with E-state index in [1.807, 2.05) is 6.07 Å². The summed E-state index contributed by atoms with van der Waals surface area (Å²) in [6.45, 7) is 2.12. The standard InChI is InChI=1S/C18H15P.C15H13FN.Au/c1-4-10-16(11-5-1)19(17-12-6-2-7-13-17)18-14-8-3-9-15-18;1-3-5-6-11-9-13-14(16)8-7-12(4-2)15(13)17-10-11;/h1-15H;7-10H,3,5-6H2,1H3;/q;-1;+1/p+1. The van der Waals surface area contributed by atoms with Crippen molar-refractivity contribution in [1.29, 1.82) is 0 Å². The summed E-state index contributed by atoms with van der Waals surface area (Å²) < 4.78 is 13.7. The second kappa shape index (κ2) is 14.6. The monoisotopic (exact) mass is 686 g/mol. The van der Waals surface area contributed by atoms with Crippen LogP contribution in [0.1, 0.15) is 30.9 Å². The Morgan fingerprint density at radius 3 is 1.76 bits per heavy atom. The molecule has 1 heterocycles. The first-order valence-electron chi connectivity index (χ1n) is 12.2. The van der Waals surface area contributed by atoms with Crippen LogP contribution in [-0.2, 0) is 28.8 Å². The summed E-state index contributed by atoms with van der Waals surface area (Å²) in [6, 6.07) is 37.2. The van der Waals surface area contributed by atoms with Crippen molar-refractivity contribution in [3.63, 3.8) is 0 Å². The van der Waals surface area contributed by atoms with Gasteiger partial charge in [-0.1, -0.05) is 67.9 Å². The molecule has 0 spiro atoms. The smallest absolute Gasteiger partial charge is 0.366 e. The summed E-state index contributed by atoms with van der Waals surface area (Å²) in [5, 5.41) is 4.79. The zero-order valence-corrected chi connectivity index (χ0v) is 23.9. The Balaban J connectivity index is 0.000000201. The minimum absolute atomic E-state index is 0.